The molecule has 0 aromatic heterocycles. The van der Waals surface area contributed by atoms with Crippen molar-refractivity contribution >= 4 is 17.7 Å². The number of morpholine rings is 1. The molecule has 1 fully saturated rings. The zero-order chi connectivity index (χ0) is 18.4. The maximum atomic E-state index is 14.2. The van der Waals surface area contributed by atoms with E-state index in [1.54, 1.807) is 12.1 Å². The number of rotatable bonds is 5. The van der Waals surface area contributed by atoms with Crippen LogP contribution in [0, 0.1) is 5.82 Å². The van der Waals surface area contributed by atoms with E-state index in [9.17, 15) is 9.18 Å². The second kappa shape index (κ2) is 8.63. The van der Waals surface area contributed by atoms with Crippen LogP contribution in [0.1, 0.15) is 24.1 Å². The van der Waals surface area contributed by atoms with Crippen LogP contribution < -0.4 is 10.2 Å². The number of amides is 1. The van der Waals surface area contributed by atoms with Gasteiger partial charge in [0, 0.05) is 19.2 Å². The van der Waals surface area contributed by atoms with Gasteiger partial charge in [-0.2, -0.15) is 0 Å². The number of hydrogen-bond donors (Lipinski definition) is 1. The Kier molecular flexibility index (Phi) is 6.02. The zero-order valence-electron chi connectivity index (χ0n) is 14.8. The van der Waals surface area contributed by atoms with Crippen molar-refractivity contribution in [1.82, 2.24) is 5.32 Å². The Labute approximate surface area is 153 Å². The first-order chi connectivity index (χ1) is 12.6. The van der Waals surface area contributed by atoms with Gasteiger partial charge in [-0.15, -0.1) is 0 Å². The van der Waals surface area contributed by atoms with Gasteiger partial charge < -0.3 is 15.0 Å². The lowest BCUT2D eigenvalue weighted by molar-refractivity contribution is -0.117. The van der Waals surface area contributed by atoms with Crippen LogP contribution in [0.5, 0.6) is 0 Å². The van der Waals surface area contributed by atoms with Gasteiger partial charge in [0.1, 0.15) is 5.82 Å². The van der Waals surface area contributed by atoms with Gasteiger partial charge in [0.05, 0.1) is 24.9 Å². The van der Waals surface area contributed by atoms with Crippen molar-refractivity contribution in [3.63, 3.8) is 0 Å². The Hall–Kier alpha value is -2.66. The first-order valence-corrected chi connectivity index (χ1v) is 8.79. The Morgan fingerprint density at radius 3 is 2.65 bits per heavy atom. The van der Waals surface area contributed by atoms with E-state index in [0.29, 0.717) is 32.0 Å². The Balaban J connectivity index is 1.66. The second-order valence-electron chi connectivity index (χ2n) is 6.28. The number of anilines is 1. The molecule has 1 aliphatic heterocycles. The third kappa shape index (κ3) is 4.70. The number of carbonyl (C=O) groups excluding carboxylic acids is 1. The van der Waals surface area contributed by atoms with E-state index in [1.807, 2.05) is 48.2 Å². The summed E-state index contributed by atoms with van der Waals surface area (Å²) in [4.78, 5) is 14.1. The Morgan fingerprint density at radius 1 is 1.19 bits per heavy atom. The van der Waals surface area contributed by atoms with Crippen molar-refractivity contribution in [1.29, 1.82) is 0 Å². The van der Waals surface area contributed by atoms with Crippen molar-refractivity contribution in [2.24, 2.45) is 0 Å². The maximum absolute atomic E-state index is 14.2. The fourth-order valence-corrected chi connectivity index (χ4v) is 2.93. The predicted octanol–water partition coefficient (Wildman–Crippen LogP) is 3.55. The van der Waals surface area contributed by atoms with Crippen LogP contribution in [0.2, 0.25) is 0 Å². The predicted molar refractivity (Wildman–Crippen MR) is 101 cm³/mol. The van der Waals surface area contributed by atoms with E-state index >= 15 is 0 Å². The summed E-state index contributed by atoms with van der Waals surface area (Å²) in [7, 11) is 0. The molecule has 2 aromatic carbocycles. The molecule has 1 amide bonds. The van der Waals surface area contributed by atoms with Gasteiger partial charge in [-0.1, -0.05) is 36.4 Å². The fourth-order valence-electron chi connectivity index (χ4n) is 2.93. The summed E-state index contributed by atoms with van der Waals surface area (Å²) < 4.78 is 19.5. The SMILES string of the molecule is CC(NC(=O)C=Cc1ccccc1)c1ccc(F)c(N2CCOCC2)c1. The molecule has 4 nitrogen and oxygen atoms in total. The molecule has 136 valence electrons. The first kappa shape index (κ1) is 18.1. The lowest BCUT2D eigenvalue weighted by Gasteiger charge is -2.29. The van der Waals surface area contributed by atoms with Gasteiger partial charge in [0.15, 0.2) is 0 Å². The van der Waals surface area contributed by atoms with Crippen LogP contribution in [0.15, 0.2) is 54.6 Å². The molecule has 5 heteroatoms. The molecule has 1 N–H and O–H groups in total. The van der Waals surface area contributed by atoms with E-state index in [-0.39, 0.29) is 17.8 Å². The lowest BCUT2D eigenvalue weighted by atomic mass is 10.1. The molecule has 0 radical (unpaired) electrons. The van der Waals surface area contributed by atoms with Crippen LogP contribution in [-0.4, -0.2) is 32.2 Å². The monoisotopic (exact) mass is 354 g/mol. The maximum Gasteiger partial charge on any atom is 0.244 e. The molecule has 26 heavy (non-hydrogen) atoms. The van der Waals surface area contributed by atoms with Crippen LogP contribution in [-0.2, 0) is 9.53 Å². The van der Waals surface area contributed by atoms with Gasteiger partial charge in [-0.05, 0) is 36.3 Å². The first-order valence-electron chi connectivity index (χ1n) is 8.79. The molecule has 2 aromatic rings. The van der Waals surface area contributed by atoms with E-state index in [1.165, 1.54) is 12.1 Å². The molecule has 3 rings (SSSR count). The molecule has 0 aliphatic carbocycles. The summed E-state index contributed by atoms with van der Waals surface area (Å²) in [6.45, 7) is 4.42. The summed E-state index contributed by atoms with van der Waals surface area (Å²) >= 11 is 0. The molecule has 1 unspecified atom stereocenters. The third-order valence-electron chi connectivity index (χ3n) is 4.41. The van der Waals surface area contributed by atoms with Crippen LogP contribution in [0.3, 0.4) is 0 Å². The van der Waals surface area contributed by atoms with Gasteiger partial charge in [-0.25, -0.2) is 4.39 Å². The van der Waals surface area contributed by atoms with Crippen molar-refractivity contribution in [3.8, 4) is 0 Å². The highest BCUT2D eigenvalue weighted by atomic mass is 19.1. The fraction of sp³-hybridized carbons (Fsp3) is 0.286. The molecule has 0 spiro atoms. The van der Waals surface area contributed by atoms with Crippen LogP contribution in [0.4, 0.5) is 10.1 Å². The lowest BCUT2D eigenvalue weighted by Crippen LogP contribution is -2.37. The van der Waals surface area contributed by atoms with Crippen LogP contribution in [0.25, 0.3) is 6.08 Å². The van der Waals surface area contributed by atoms with Gasteiger partial charge in [0.2, 0.25) is 5.91 Å². The van der Waals surface area contributed by atoms with Crippen molar-refractivity contribution in [2.45, 2.75) is 13.0 Å². The molecule has 1 heterocycles. The number of carbonyl (C=O) groups is 1. The third-order valence-corrected chi connectivity index (χ3v) is 4.41. The number of halogens is 1. The van der Waals surface area contributed by atoms with Gasteiger partial charge >= 0.3 is 0 Å². The largest absolute Gasteiger partial charge is 0.378 e. The van der Waals surface area contributed by atoms with Crippen molar-refractivity contribution < 1.29 is 13.9 Å². The Morgan fingerprint density at radius 2 is 1.92 bits per heavy atom. The minimum Gasteiger partial charge on any atom is -0.378 e. The van der Waals surface area contributed by atoms with Gasteiger partial charge in [0.25, 0.3) is 0 Å². The molecule has 1 saturated heterocycles. The number of nitrogens with zero attached hydrogens (tertiary/aromatic N) is 1. The molecule has 1 atom stereocenters. The average molecular weight is 354 g/mol. The standard InChI is InChI=1S/C21H23FN2O2/c1-16(23-21(25)10-7-17-5-3-2-4-6-17)18-8-9-19(22)20(15-18)24-11-13-26-14-12-24/h2-10,15-16H,11-14H2,1H3,(H,23,25). The highest BCUT2D eigenvalue weighted by Gasteiger charge is 2.17. The zero-order valence-corrected chi connectivity index (χ0v) is 14.8. The quantitative estimate of drug-likeness (QED) is 0.835. The normalized spacial score (nSPS) is 15.8. The van der Waals surface area contributed by atoms with E-state index in [2.05, 4.69) is 5.32 Å². The number of hydrogen-bond acceptors (Lipinski definition) is 3. The van der Waals surface area contributed by atoms with Gasteiger partial charge in [-0.3, -0.25) is 4.79 Å². The summed E-state index contributed by atoms with van der Waals surface area (Å²) in [6.07, 6.45) is 3.28. The van der Waals surface area contributed by atoms with E-state index < -0.39 is 0 Å². The summed E-state index contributed by atoms with van der Waals surface area (Å²) in [5.74, 6) is -0.434. The molecule has 1 aliphatic rings. The minimum atomic E-state index is -0.252. The molecule has 0 bridgehead atoms. The van der Waals surface area contributed by atoms with E-state index in [4.69, 9.17) is 4.74 Å². The highest BCUT2D eigenvalue weighted by Crippen LogP contribution is 2.25. The Bertz CT molecular complexity index is 771. The summed E-state index contributed by atoms with van der Waals surface area (Å²) in [6, 6.07) is 14.4. The number of nitrogens with one attached hydrogen (secondary N) is 1. The second-order valence-corrected chi connectivity index (χ2v) is 6.28. The summed E-state index contributed by atoms with van der Waals surface area (Å²) in [5, 5.41) is 2.92. The average Bonchev–Trinajstić information content (AvgIpc) is 2.68. The molecular weight excluding hydrogens is 331 g/mol. The number of benzene rings is 2. The van der Waals surface area contributed by atoms with E-state index in [0.717, 1.165) is 11.1 Å². The van der Waals surface area contributed by atoms with Crippen LogP contribution >= 0.6 is 0 Å². The smallest absolute Gasteiger partial charge is 0.244 e. The van der Waals surface area contributed by atoms with Crippen molar-refractivity contribution in [2.75, 3.05) is 31.2 Å². The molecular formula is C21H23FN2O2. The molecule has 0 saturated carbocycles. The van der Waals surface area contributed by atoms with Crippen molar-refractivity contribution in [3.05, 3.63) is 71.6 Å². The minimum absolute atomic E-state index is 0.182. The summed E-state index contributed by atoms with van der Waals surface area (Å²) in [5.41, 5.74) is 2.40. The number of ether oxygens (including phenoxy) is 1. The highest BCUT2D eigenvalue weighted by molar-refractivity contribution is 5.91. The topological polar surface area (TPSA) is 41.6 Å².